The highest BCUT2D eigenvalue weighted by Gasteiger charge is 2.06. The van der Waals surface area contributed by atoms with Crippen LogP contribution in [0.15, 0.2) is 42.5 Å². The lowest BCUT2D eigenvalue weighted by atomic mass is 10.1. The van der Waals surface area contributed by atoms with Gasteiger partial charge in [-0.2, -0.15) is 0 Å². The van der Waals surface area contributed by atoms with Crippen molar-refractivity contribution < 1.29 is 0 Å². The summed E-state index contributed by atoms with van der Waals surface area (Å²) in [6.45, 7) is 3.92. The van der Waals surface area contributed by atoms with Gasteiger partial charge in [0.05, 0.1) is 16.9 Å². The van der Waals surface area contributed by atoms with Crippen molar-refractivity contribution in [3.63, 3.8) is 0 Å². The molecule has 0 amide bonds. The van der Waals surface area contributed by atoms with E-state index >= 15 is 0 Å². The van der Waals surface area contributed by atoms with Crippen molar-refractivity contribution in [2.75, 3.05) is 11.1 Å². The number of aromatic nitrogens is 2. The van der Waals surface area contributed by atoms with Crippen LogP contribution in [0.4, 0.5) is 17.2 Å². The zero-order valence-corrected chi connectivity index (χ0v) is 11.5. The molecule has 3 aromatic rings. The number of hydrogen-bond acceptors (Lipinski definition) is 4. The average molecular weight is 264 g/mol. The molecule has 100 valence electrons. The second kappa shape index (κ2) is 4.81. The Morgan fingerprint density at radius 2 is 1.65 bits per heavy atom. The number of para-hydroxylation sites is 1. The minimum atomic E-state index is 0.625. The van der Waals surface area contributed by atoms with Gasteiger partial charge in [-0.1, -0.05) is 18.2 Å². The first-order valence-corrected chi connectivity index (χ1v) is 6.50. The first-order chi connectivity index (χ1) is 9.63. The molecule has 0 unspecified atom stereocenters. The van der Waals surface area contributed by atoms with Crippen molar-refractivity contribution in [1.82, 2.24) is 9.97 Å². The lowest BCUT2D eigenvalue weighted by molar-refractivity contribution is 1.20. The number of anilines is 3. The fraction of sp³-hybridized carbons (Fsp3) is 0.125. The normalized spacial score (nSPS) is 10.7. The molecule has 4 nitrogen and oxygen atoms in total. The molecule has 0 saturated carbocycles. The molecule has 0 bridgehead atoms. The number of fused-ring (bicyclic) bond motifs is 1. The van der Waals surface area contributed by atoms with E-state index in [0.717, 1.165) is 28.0 Å². The zero-order chi connectivity index (χ0) is 14.1. The molecular formula is C16H16N4. The highest BCUT2D eigenvalue weighted by atomic mass is 15.0. The van der Waals surface area contributed by atoms with E-state index in [2.05, 4.69) is 21.4 Å². The van der Waals surface area contributed by atoms with Gasteiger partial charge in [-0.3, -0.25) is 4.98 Å². The van der Waals surface area contributed by atoms with Gasteiger partial charge in [0.2, 0.25) is 0 Å². The minimum Gasteiger partial charge on any atom is -0.396 e. The van der Waals surface area contributed by atoms with Crippen LogP contribution >= 0.6 is 0 Å². The predicted octanol–water partition coefficient (Wildman–Crippen LogP) is 3.57. The molecule has 0 fully saturated rings. The molecule has 0 aliphatic heterocycles. The van der Waals surface area contributed by atoms with Crippen LogP contribution in [0.1, 0.15) is 11.4 Å². The average Bonchev–Trinajstić information content (AvgIpc) is 2.43. The van der Waals surface area contributed by atoms with Crippen molar-refractivity contribution in [2.24, 2.45) is 0 Å². The Balaban J connectivity index is 2.10. The summed E-state index contributed by atoms with van der Waals surface area (Å²) < 4.78 is 0. The summed E-state index contributed by atoms with van der Waals surface area (Å²) >= 11 is 0. The lowest BCUT2D eigenvalue weighted by Crippen LogP contribution is -2.01. The summed E-state index contributed by atoms with van der Waals surface area (Å²) in [5.41, 5.74) is 10.3. The monoisotopic (exact) mass is 264 g/mol. The summed E-state index contributed by atoms with van der Waals surface area (Å²) in [4.78, 5) is 9.03. The zero-order valence-electron chi connectivity index (χ0n) is 11.5. The van der Waals surface area contributed by atoms with Gasteiger partial charge in [-0.15, -0.1) is 0 Å². The molecule has 2 heterocycles. The van der Waals surface area contributed by atoms with Crippen molar-refractivity contribution in [2.45, 2.75) is 13.8 Å². The smallest absolute Gasteiger partial charge is 0.153 e. The second-order valence-electron chi connectivity index (χ2n) is 4.85. The fourth-order valence-corrected chi connectivity index (χ4v) is 2.14. The molecule has 0 radical (unpaired) electrons. The van der Waals surface area contributed by atoms with E-state index in [4.69, 9.17) is 5.73 Å². The van der Waals surface area contributed by atoms with Crippen molar-refractivity contribution in [1.29, 1.82) is 0 Å². The van der Waals surface area contributed by atoms with E-state index in [1.165, 1.54) is 0 Å². The Labute approximate surface area is 117 Å². The number of pyridine rings is 2. The van der Waals surface area contributed by atoms with Gasteiger partial charge in [-0.25, -0.2) is 4.98 Å². The van der Waals surface area contributed by atoms with Gasteiger partial charge in [0.15, 0.2) is 5.82 Å². The number of nitrogens with zero attached hydrogens (tertiary/aromatic N) is 2. The van der Waals surface area contributed by atoms with Crippen molar-refractivity contribution in [3.8, 4) is 0 Å². The first kappa shape index (κ1) is 12.4. The lowest BCUT2D eigenvalue weighted by Gasteiger charge is -2.11. The molecule has 20 heavy (non-hydrogen) atoms. The first-order valence-electron chi connectivity index (χ1n) is 6.50. The minimum absolute atomic E-state index is 0.625. The Morgan fingerprint density at radius 3 is 2.50 bits per heavy atom. The van der Waals surface area contributed by atoms with Crippen LogP contribution < -0.4 is 11.1 Å². The molecule has 4 heteroatoms. The third-order valence-corrected chi connectivity index (χ3v) is 3.18. The third-order valence-electron chi connectivity index (χ3n) is 3.18. The summed E-state index contributed by atoms with van der Waals surface area (Å²) in [6, 6.07) is 13.8. The summed E-state index contributed by atoms with van der Waals surface area (Å²) in [5, 5.41) is 4.37. The third kappa shape index (κ3) is 2.28. The predicted molar refractivity (Wildman–Crippen MR) is 83.1 cm³/mol. The van der Waals surface area contributed by atoms with Crippen LogP contribution in [-0.4, -0.2) is 9.97 Å². The van der Waals surface area contributed by atoms with Crippen LogP contribution in [0, 0.1) is 13.8 Å². The van der Waals surface area contributed by atoms with Crippen LogP contribution in [0.3, 0.4) is 0 Å². The summed E-state index contributed by atoms with van der Waals surface area (Å²) in [7, 11) is 0. The number of aryl methyl sites for hydroxylation is 2. The SMILES string of the molecule is Cc1ccc(N)c(Nc2cccc3ccc(C)nc23)n1. The summed E-state index contributed by atoms with van der Waals surface area (Å²) in [6.07, 6.45) is 0. The molecule has 0 spiro atoms. The number of benzene rings is 1. The van der Waals surface area contributed by atoms with E-state index in [1.807, 2.05) is 50.2 Å². The van der Waals surface area contributed by atoms with E-state index in [1.54, 1.807) is 0 Å². The van der Waals surface area contributed by atoms with Gasteiger partial charge in [0.25, 0.3) is 0 Å². The maximum absolute atomic E-state index is 5.97. The van der Waals surface area contributed by atoms with Gasteiger partial charge in [0, 0.05) is 16.8 Å². The van der Waals surface area contributed by atoms with E-state index in [9.17, 15) is 0 Å². The Bertz CT molecular complexity index is 781. The molecule has 0 saturated heterocycles. The quantitative estimate of drug-likeness (QED) is 0.742. The number of hydrogen-bond donors (Lipinski definition) is 2. The van der Waals surface area contributed by atoms with Gasteiger partial charge < -0.3 is 11.1 Å². The Kier molecular flexibility index (Phi) is 2.99. The molecular weight excluding hydrogens is 248 g/mol. The standard InChI is InChI=1S/C16H16N4/c1-10-6-8-12-4-3-5-14(15(12)18-10)20-16-13(17)9-7-11(2)19-16/h3-9H,17H2,1-2H3,(H,19,20). The topological polar surface area (TPSA) is 63.8 Å². The molecule has 0 aliphatic rings. The molecule has 0 atom stereocenters. The van der Waals surface area contributed by atoms with Crippen LogP contribution in [0.2, 0.25) is 0 Å². The number of rotatable bonds is 2. The Hall–Kier alpha value is -2.62. The molecule has 3 N–H and O–H groups in total. The number of nitrogen functional groups attached to an aromatic ring is 1. The van der Waals surface area contributed by atoms with Crippen molar-refractivity contribution >= 4 is 28.1 Å². The van der Waals surface area contributed by atoms with Crippen LogP contribution in [-0.2, 0) is 0 Å². The van der Waals surface area contributed by atoms with Gasteiger partial charge >= 0.3 is 0 Å². The largest absolute Gasteiger partial charge is 0.396 e. The molecule has 3 rings (SSSR count). The second-order valence-corrected chi connectivity index (χ2v) is 4.85. The van der Waals surface area contributed by atoms with Crippen molar-refractivity contribution in [3.05, 3.63) is 53.9 Å². The van der Waals surface area contributed by atoms with E-state index < -0.39 is 0 Å². The summed E-state index contributed by atoms with van der Waals surface area (Å²) in [5.74, 6) is 0.667. The molecule has 0 aliphatic carbocycles. The maximum Gasteiger partial charge on any atom is 0.153 e. The molecule has 1 aromatic carbocycles. The van der Waals surface area contributed by atoms with Crippen LogP contribution in [0.25, 0.3) is 10.9 Å². The van der Waals surface area contributed by atoms with Gasteiger partial charge in [0.1, 0.15) is 0 Å². The maximum atomic E-state index is 5.97. The Morgan fingerprint density at radius 1 is 0.900 bits per heavy atom. The number of nitrogens with two attached hydrogens (primary N) is 1. The number of nitrogens with one attached hydrogen (secondary N) is 1. The highest BCUT2D eigenvalue weighted by molar-refractivity contribution is 5.92. The fourth-order valence-electron chi connectivity index (χ4n) is 2.14. The van der Waals surface area contributed by atoms with E-state index in [-0.39, 0.29) is 0 Å². The highest BCUT2D eigenvalue weighted by Crippen LogP contribution is 2.27. The van der Waals surface area contributed by atoms with Crippen LogP contribution in [0.5, 0.6) is 0 Å². The van der Waals surface area contributed by atoms with Gasteiger partial charge in [-0.05, 0) is 38.1 Å². The van der Waals surface area contributed by atoms with E-state index in [0.29, 0.717) is 11.5 Å². The molecule has 2 aromatic heterocycles.